The van der Waals surface area contributed by atoms with E-state index in [1.807, 2.05) is 13.8 Å². The van der Waals surface area contributed by atoms with E-state index in [-0.39, 0.29) is 23.9 Å². The lowest BCUT2D eigenvalue weighted by atomic mass is 9.96. The second kappa shape index (κ2) is 5.27. The maximum absolute atomic E-state index is 13.3. The first kappa shape index (κ1) is 14.0. The van der Waals surface area contributed by atoms with Gasteiger partial charge in [0.1, 0.15) is 5.82 Å². The summed E-state index contributed by atoms with van der Waals surface area (Å²) in [5.74, 6) is -0.487. The van der Waals surface area contributed by atoms with Gasteiger partial charge in [-0.3, -0.25) is 10.1 Å². The van der Waals surface area contributed by atoms with Gasteiger partial charge in [0.2, 0.25) is 5.91 Å². The normalized spacial score (nSPS) is 22.6. The predicted molar refractivity (Wildman–Crippen MR) is 71.5 cm³/mol. The van der Waals surface area contributed by atoms with Crippen LogP contribution in [0.25, 0.3) is 0 Å². The smallest absolute Gasteiger partial charge is 0.244 e. The molecule has 0 radical (unpaired) electrons. The van der Waals surface area contributed by atoms with E-state index in [0.29, 0.717) is 18.7 Å². The van der Waals surface area contributed by atoms with Crippen molar-refractivity contribution in [2.45, 2.75) is 31.8 Å². The summed E-state index contributed by atoms with van der Waals surface area (Å²) in [6.07, 6.45) is 0.355. The van der Waals surface area contributed by atoms with Crippen molar-refractivity contribution in [3.05, 3.63) is 30.1 Å². The Morgan fingerprint density at radius 1 is 1.53 bits per heavy atom. The summed E-state index contributed by atoms with van der Waals surface area (Å²) < 4.78 is 13.3. The molecule has 1 unspecified atom stereocenters. The van der Waals surface area contributed by atoms with E-state index in [4.69, 9.17) is 5.11 Å². The summed E-state index contributed by atoms with van der Waals surface area (Å²) in [5.41, 5.74) is 0.280. The Morgan fingerprint density at radius 3 is 2.89 bits per heavy atom. The van der Waals surface area contributed by atoms with Crippen LogP contribution in [0.5, 0.6) is 0 Å². The highest BCUT2D eigenvalue weighted by atomic mass is 19.1. The van der Waals surface area contributed by atoms with Crippen LogP contribution in [0.1, 0.15) is 20.3 Å². The van der Waals surface area contributed by atoms with E-state index in [9.17, 15) is 9.18 Å². The summed E-state index contributed by atoms with van der Waals surface area (Å²) in [7, 11) is 0. The van der Waals surface area contributed by atoms with Crippen LogP contribution in [0.4, 0.5) is 10.1 Å². The van der Waals surface area contributed by atoms with Crippen molar-refractivity contribution in [2.24, 2.45) is 0 Å². The zero-order valence-electron chi connectivity index (χ0n) is 11.2. The van der Waals surface area contributed by atoms with Gasteiger partial charge in [0, 0.05) is 24.4 Å². The molecule has 0 spiro atoms. The molecule has 0 aliphatic carbocycles. The number of piperazine rings is 1. The number of benzene rings is 1. The van der Waals surface area contributed by atoms with Gasteiger partial charge in [-0.2, -0.15) is 0 Å². The second-order valence-corrected chi connectivity index (χ2v) is 5.50. The van der Waals surface area contributed by atoms with Gasteiger partial charge in [0.05, 0.1) is 6.04 Å². The Kier molecular flexibility index (Phi) is 3.87. The lowest BCUT2D eigenvalue weighted by Crippen LogP contribution is -2.65. The molecule has 104 valence electrons. The third-order valence-electron chi connectivity index (χ3n) is 3.22. The van der Waals surface area contributed by atoms with Crippen molar-refractivity contribution >= 4 is 11.6 Å². The number of carbonyl (C=O) groups is 1. The van der Waals surface area contributed by atoms with Crippen LogP contribution in [0, 0.1) is 5.82 Å². The third kappa shape index (κ3) is 3.11. The molecule has 0 bridgehead atoms. The number of rotatable bonds is 3. The molecule has 0 aromatic heterocycles. The molecule has 0 saturated carbocycles. The molecule has 4 nitrogen and oxygen atoms in total. The van der Waals surface area contributed by atoms with Crippen molar-refractivity contribution in [3.8, 4) is 0 Å². The predicted octanol–water partition coefficient (Wildman–Crippen LogP) is 1.29. The van der Waals surface area contributed by atoms with Gasteiger partial charge in [-0.25, -0.2) is 4.39 Å². The number of amides is 1. The second-order valence-electron chi connectivity index (χ2n) is 5.50. The molecular weight excluding hydrogens is 247 g/mol. The molecule has 1 saturated heterocycles. The van der Waals surface area contributed by atoms with Gasteiger partial charge in [-0.05, 0) is 38.5 Å². The van der Waals surface area contributed by atoms with Crippen LogP contribution in [0.2, 0.25) is 0 Å². The molecule has 1 fully saturated rings. The first-order valence-electron chi connectivity index (χ1n) is 6.38. The van der Waals surface area contributed by atoms with Crippen molar-refractivity contribution in [2.75, 3.05) is 18.1 Å². The molecule has 1 aliphatic rings. The molecular formula is C14H19FN2O2. The number of anilines is 1. The van der Waals surface area contributed by atoms with E-state index in [2.05, 4.69) is 5.32 Å². The molecule has 19 heavy (non-hydrogen) atoms. The number of halogens is 1. The Labute approximate surface area is 112 Å². The monoisotopic (exact) mass is 266 g/mol. The van der Waals surface area contributed by atoms with Crippen molar-refractivity contribution in [1.82, 2.24) is 5.32 Å². The number of hydrogen-bond acceptors (Lipinski definition) is 3. The maximum atomic E-state index is 13.3. The van der Waals surface area contributed by atoms with Gasteiger partial charge in [0.15, 0.2) is 0 Å². The number of hydrogen-bond donors (Lipinski definition) is 2. The minimum absolute atomic E-state index is 0.0591. The van der Waals surface area contributed by atoms with Crippen LogP contribution in [0.3, 0.4) is 0 Å². The van der Waals surface area contributed by atoms with Crippen molar-refractivity contribution < 1.29 is 14.3 Å². The minimum atomic E-state index is -0.433. The molecule has 5 heteroatoms. The molecule has 1 amide bonds. The molecule has 1 aromatic carbocycles. The maximum Gasteiger partial charge on any atom is 0.244 e. The molecule has 2 N–H and O–H groups in total. The summed E-state index contributed by atoms with van der Waals surface area (Å²) in [4.78, 5) is 13.9. The van der Waals surface area contributed by atoms with Crippen LogP contribution < -0.4 is 10.2 Å². The Bertz CT molecular complexity index is 476. The highest BCUT2D eigenvalue weighted by Crippen LogP contribution is 2.24. The largest absolute Gasteiger partial charge is 0.396 e. The van der Waals surface area contributed by atoms with Gasteiger partial charge in [0.25, 0.3) is 0 Å². The van der Waals surface area contributed by atoms with Gasteiger partial charge in [-0.1, -0.05) is 6.07 Å². The molecule has 2 rings (SSSR count). The topological polar surface area (TPSA) is 52.6 Å². The van der Waals surface area contributed by atoms with Gasteiger partial charge >= 0.3 is 0 Å². The van der Waals surface area contributed by atoms with E-state index in [0.717, 1.165) is 0 Å². The zero-order chi connectivity index (χ0) is 14.0. The minimum Gasteiger partial charge on any atom is -0.396 e. The average molecular weight is 266 g/mol. The molecule has 1 heterocycles. The lowest BCUT2D eigenvalue weighted by Gasteiger charge is -2.43. The Morgan fingerprint density at radius 2 is 2.26 bits per heavy atom. The summed E-state index contributed by atoms with van der Waals surface area (Å²) >= 11 is 0. The van der Waals surface area contributed by atoms with E-state index in [1.54, 1.807) is 17.0 Å². The average Bonchev–Trinajstić information content (AvgIpc) is 2.33. The fraction of sp³-hybridized carbons (Fsp3) is 0.500. The quantitative estimate of drug-likeness (QED) is 0.867. The number of nitrogens with one attached hydrogen (secondary N) is 1. The lowest BCUT2D eigenvalue weighted by molar-refractivity contribution is -0.123. The van der Waals surface area contributed by atoms with E-state index >= 15 is 0 Å². The van der Waals surface area contributed by atoms with Crippen molar-refractivity contribution in [3.63, 3.8) is 0 Å². The number of nitrogens with zero attached hydrogens (tertiary/aromatic N) is 1. The van der Waals surface area contributed by atoms with E-state index < -0.39 is 6.04 Å². The van der Waals surface area contributed by atoms with Gasteiger partial charge in [-0.15, -0.1) is 0 Å². The van der Waals surface area contributed by atoms with E-state index in [1.165, 1.54) is 12.1 Å². The Balaban J connectivity index is 2.30. The number of aliphatic hydroxyl groups is 1. The van der Waals surface area contributed by atoms with Crippen LogP contribution >= 0.6 is 0 Å². The summed E-state index contributed by atoms with van der Waals surface area (Å²) in [5, 5.41) is 12.2. The third-order valence-corrected chi connectivity index (χ3v) is 3.22. The van der Waals surface area contributed by atoms with Crippen molar-refractivity contribution in [1.29, 1.82) is 0 Å². The number of carbonyl (C=O) groups excluding carboxylic acids is 1. The first-order chi connectivity index (χ1) is 8.93. The number of aliphatic hydroxyl groups excluding tert-OH is 1. The molecule has 1 atom stereocenters. The van der Waals surface area contributed by atoms with Crippen LogP contribution in [-0.4, -0.2) is 35.7 Å². The van der Waals surface area contributed by atoms with Crippen LogP contribution in [0.15, 0.2) is 24.3 Å². The highest BCUT2D eigenvalue weighted by Gasteiger charge is 2.38. The fourth-order valence-electron chi connectivity index (χ4n) is 2.43. The summed E-state index contributed by atoms with van der Waals surface area (Å²) in [6.45, 7) is 4.37. The summed E-state index contributed by atoms with van der Waals surface area (Å²) in [6, 6.07) is 5.59. The highest BCUT2D eigenvalue weighted by molar-refractivity contribution is 5.98. The fourth-order valence-corrected chi connectivity index (χ4v) is 2.43. The van der Waals surface area contributed by atoms with Gasteiger partial charge < -0.3 is 10.0 Å². The van der Waals surface area contributed by atoms with Crippen LogP contribution in [-0.2, 0) is 4.79 Å². The standard InChI is InChI=1S/C14H19FN2O2/c1-14(2)9-17(11-5-3-4-10(15)8-11)13(19)12(16-14)6-7-18/h3-5,8,12,16,18H,6-7,9H2,1-2H3. The SMILES string of the molecule is CC1(C)CN(c2cccc(F)c2)C(=O)C(CCO)N1. The zero-order valence-corrected chi connectivity index (χ0v) is 11.2. The first-order valence-corrected chi connectivity index (χ1v) is 6.38. The molecule has 1 aromatic rings. The molecule has 1 aliphatic heterocycles. The Hall–Kier alpha value is -1.46.